The van der Waals surface area contributed by atoms with Gasteiger partial charge in [0, 0.05) is 6.54 Å². The van der Waals surface area contributed by atoms with Gasteiger partial charge in [-0.15, -0.1) is 0 Å². The predicted octanol–water partition coefficient (Wildman–Crippen LogP) is -1.48. The first-order chi connectivity index (χ1) is 6.94. The molecule has 1 fully saturated rings. The number of amides is 3. The molecule has 86 valence electrons. The second-order valence-electron chi connectivity index (χ2n) is 3.18. The molecule has 0 spiro atoms. The molecule has 1 atom stereocenters. The van der Waals surface area contributed by atoms with Crippen molar-refractivity contribution in [2.24, 2.45) is 0 Å². The fourth-order valence-corrected chi connectivity index (χ4v) is 2.26. The van der Waals surface area contributed by atoms with Gasteiger partial charge in [0.25, 0.3) is 5.91 Å². The molecule has 1 aliphatic heterocycles. The van der Waals surface area contributed by atoms with Gasteiger partial charge < -0.3 is 5.32 Å². The highest BCUT2D eigenvalue weighted by molar-refractivity contribution is 7.89. The Kier molecular flexibility index (Phi) is 3.64. The minimum absolute atomic E-state index is 0.00921. The van der Waals surface area contributed by atoms with Crippen molar-refractivity contribution in [3.05, 3.63) is 0 Å². The van der Waals surface area contributed by atoms with Crippen molar-refractivity contribution in [2.75, 3.05) is 12.3 Å². The molecule has 1 saturated heterocycles. The van der Waals surface area contributed by atoms with Crippen molar-refractivity contribution in [1.29, 1.82) is 0 Å². The number of carbonyl (C=O) groups is 2. The Morgan fingerprint density at radius 2 is 2.07 bits per heavy atom. The standard InChI is InChI=1S/C7H13N3O4S/c1-2-3-15(13,14)8-4-5-6(11)10-7(12)9-5/h5,8H,2-4H2,1H3,(H2,9,10,11,12). The maximum absolute atomic E-state index is 11.2. The van der Waals surface area contributed by atoms with Crippen LogP contribution in [0.2, 0.25) is 0 Å². The van der Waals surface area contributed by atoms with E-state index in [1.54, 1.807) is 6.92 Å². The minimum Gasteiger partial charge on any atom is -0.325 e. The van der Waals surface area contributed by atoms with E-state index >= 15 is 0 Å². The summed E-state index contributed by atoms with van der Waals surface area (Å²) in [6.07, 6.45) is 0.499. The van der Waals surface area contributed by atoms with Crippen LogP contribution in [-0.4, -0.2) is 38.7 Å². The van der Waals surface area contributed by atoms with Gasteiger partial charge in [-0.3, -0.25) is 10.1 Å². The lowest BCUT2D eigenvalue weighted by atomic mass is 10.3. The monoisotopic (exact) mass is 235 g/mol. The van der Waals surface area contributed by atoms with Crippen LogP contribution in [0.5, 0.6) is 0 Å². The van der Waals surface area contributed by atoms with E-state index in [0.717, 1.165) is 0 Å². The topological polar surface area (TPSA) is 104 Å². The summed E-state index contributed by atoms with van der Waals surface area (Å²) in [4.78, 5) is 21.7. The van der Waals surface area contributed by atoms with Gasteiger partial charge >= 0.3 is 6.03 Å². The zero-order valence-electron chi connectivity index (χ0n) is 8.24. The van der Waals surface area contributed by atoms with Crippen LogP contribution >= 0.6 is 0 Å². The Morgan fingerprint density at radius 3 is 2.53 bits per heavy atom. The summed E-state index contributed by atoms with van der Waals surface area (Å²) in [5, 5.41) is 4.30. The van der Waals surface area contributed by atoms with Gasteiger partial charge in [-0.1, -0.05) is 6.92 Å². The molecule has 8 heteroatoms. The van der Waals surface area contributed by atoms with Crippen molar-refractivity contribution in [3.8, 4) is 0 Å². The Hall–Kier alpha value is -1.15. The van der Waals surface area contributed by atoms with E-state index in [4.69, 9.17) is 0 Å². The van der Waals surface area contributed by atoms with E-state index < -0.39 is 28.0 Å². The molecular weight excluding hydrogens is 222 g/mol. The number of rotatable bonds is 5. The van der Waals surface area contributed by atoms with Gasteiger partial charge in [-0.2, -0.15) is 0 Å². The molecule has 0 saturated carbocycles. The van der Waals surface area contributed by atoms with Crippen LogP contribution in [0.1, 0.15) is 13.3 Å². The summed E-state index contributed by atoms with van der Waals surface area (Å²) in [6, 6.07) is -1.41. The van der Waals surface area contributed by atoms with E-state index in [0.29, 0.717) is 6.42 Å². The third-order valence-corrected chi connectivity index (χ3v) is 3.39. The molecule has 1 heterocycles. The molecule has 1 unspecified atom stereocenters. The van der Waals surface area contributed by atoms with Gasteiger partial charge in [-0.05, 0) is 6.42 Å². The molecule has 15 heavy (non-hydrogen) atoms. The molecule has 3 N–H and O–H groups in total. The number of hydrogen-bond donors (Lipinski definition) is 3. The Bertz CT molecular complexity index is 364. The van der Waals surface area contributed by atoms with Crippen LogP contribution in [0.3, 0.4) is 0 Å². The Balaban J connectivity index is 2.44. The summed E-state index contributed by atoms with van der Waals surface area (Å²) in [7, 11) is -3.34. The quantitative estimate of drug-likeness (QED) is 0.506. The third kappa shape index (κ3) is 3.48. The average molecular weight is 235 g/mol. The number of nitrogens with one attached hydrogen (secondary N) is 3. The molecule has 1 rings (SSSR count). The zero-order chi connectivity index (χ0) is 11.5. The van der Waals surface area contributed by atoms with Gasteiger partial charge in [0.2, 0.25) is 10.0 Å². The van der Waals surface area contributed by atoms with E-state index in [9.17, 15) is 18.0 Å². The maximum atomic E-state index is 11.2. The smallest absolute Gasteiger partial charge is 0.322 e. The summed E-state index contributed by atoms with van der Waals surface area (Å²) in [6.45, 7) is 1.63. The molecule has 7 nitrogen and oxygen atoms in total. The summed E-state index contributed by atoms with van der Waals surface area (Å²) >= 11 is 0. The lowest BCUT2D eigenvalue weighted by molar-refractivity contribution is -0.120. The van der Waals surface area contributed by atoms with Crippen LogP contribution in [0.25, 0.3) is 0 Å². The summed E-state index contributed by atoms with van der Waals surface area (Å²) in [5.41, 5.74) is 0. The highest BCUT2D eigenvalue weighted by Gasteiger charge is 2.30. The van der Waals surface area contributed by atoms with Gasteiger partial charge in [-0.25, -0.2) is 17.9 Å². The van der Waals surface area contributed by atoms with Crippen LogP contribution < -0.4 is 15.4 Å². The lowest BCUT2D eigenvalue weighted by Crippen LogP contribution is -2.42. The molecule has 0 bridgehead atoms. The number of imide groups is 1. The highest BCUT2D eigenvalue weighted by atomic mass is 32.2. The first-order valence-electron chi connectivity index (χ1n) is 4.53. The number of hydrogen-bond acceptors (Lipinski definition) is 4. The van der Waals surface area contributed by atoms with E-state index in [1.165, 1.54) is 0 Å². The van der Waals surface area contributed by atoms with Crippen molar-refractivity contribution in [2.45, 2.75) is 19.4 Å². The second-order valence-corrected chi connectivity index (χ2v) is 5.11. The Morgan fingerprint density at radius 1 is 1.40 bits per heavy atom. The largest absolute Gasteiger partial charge is 0.325 e. The van der Waals surface area contributed by atoms with E-state index in [-0.39, 0.29) is 12.3 Å². The molecule has 0 aromatic heterocycles. The maximum Gasteiger partial charge on any atom is 0.322 e. The molecule has 3 amide bonds. The first kappa shape index (κ1) is 11.9. The lowest BCUT2D eigenvalue weighted by Gasteiger charge is -2.08. The number of sulfonamides is 1. The van der Waals surface area contributed by atoms with Crippen LogP contribution in [0.4, 0.5) is 4.79 Å². The SMILES string of the molecule is CCCS(=O)(=O)NCC1NC(=O)NC1=O. The molecule has 0 aliphatic carbocycles. The van der Waals surface area contributed by atoms with Crippen molar-refractivity contribution in [3.63, 3.8) is 0 Å². The van der Waals surface area contributed by atoms with E-state index in [2.05, 4.69) is 10.0 Å². The molecule has 0 aromatic carbocycles. The third-order valence-electron chi connectivity index (χ3n) is 1.84. The molecule has 0 aromatic rings. The van der Waals surface area contributed by atoms with E-state index in [1.807, 2.05) is 5.32 Å². The molecule has 1 aliphatic rings. The van der Waals surface area contributed by atoms with Gasteiger partial charge in [0.15, 0.2) is 0 Å². The van der Waals surface area contributed by atoms with Crippen molar-refractivity contribution in [1.82, 2.24) is 15.4 Å². The van der Waals surface area contributed by atoms with Gasteiger partial charge in [0.1, 0.15) is 6.04 Å². The number of urea groups is 1. The molecule has 0 radical (unpaired) electrons. The van der Waals surface area contributed by atoms with Crippen LogP contribution in [0, 0.1) is 0 Å². The Labute approximate surface area is 87.7 Å². The fraction of sp³-hybridized carbons (Fsp3) is 0.714. The second kappa shape index (κ2) is 4.58. The van der Waals surface area contributed by atoms with Crippen LogP contribution in [-0.2, 0) is 14.8 Å². The molecular formula is C7H13N3O4S. The zero-order valence-corrected chi connectivity index (χ0v) is 9.06. The highest BCUT2D eigenvalue weighted by Crippen LogP contribution is 1.94. The number of carbonyl (C=O) groups excluding carboxylic acids is 2. The summed E-state index contributed by atoms with van der Waals surface area (Å²) in [5.74, 6) is -0.505. The normalized spacial score (nSPS) is 21.3. The first-order valence-corrected chi connectivity index (χ1v) is 6.18. The fourth-order valence-electron chi connectivity index (χ4n) is 1.15. The van der Waals surface area contributed by atoms with Crippen LogP contribution in [0.15, 0.2) is 0 Å². The summed E-state index contributed by atoms with van der Waals surface area (Å²) < 4.78 is 24.7. The average Bonchev–Trinajstić information content (AvgIpc) is 2.42. The predicted molar refractivity (Wildman–Crippen MR) is 52.5 cm³/mol. The van der Waals surface area contributed by atoms with Crippen molar-refractivity contribution >= 4 is 22.0 Å². The van der Waals surface area contributed by atoms with Crippen molar-refractivity contribution < 1.29 is 18.0 Å². The minimum atomic E-state index is -3.34. The van der Waals surface area contributed by atoms with Gasteiger partial charge in [0.05, 0.1) is 5.75 Å².